The van der Waals surface area contributed by atoms with Crippen molar-refractivity contribution >= 4 is 22.0 Å². The monoisotopic (exact) mass is 368 g/mol. The van der Waals surface area contributed by atoms with Crippen LogP contribution in [0.3, 0.4) is 0 Å². The third kappa shape index (κ3) is 5.61. The SMILES string of the molecule is CC(C)(C)OC(=O)N1CCC[C@H](NCc2cccc(Br)c2)C1. The Balaban J connectivity index is 1.84. The molecule has 0 radical (unpaired) electrons. The normalized spacial score (nSPS) is 19.1. The zero-order valence-electron chi connectivity index (χ0n) is 13.6. The zero-order chi connectivity index (χ0) is 16.2. The second-order valence-electron chi connectivity index (χ2n) is 6.78. The van der Waals surface area contributed by atoms with E-state index in [2.05, 4.69) is 33.4 Å². The first-order valence-electron chi connectivity index (χ1n) is 7.79. The third-order valence-corrected chi connectivity index (χ3v) is 4.05. The van der Waals surface area contributed by atoms with E-state index in [4.69, 9.17) is 4.74 Å². The van der Waals surface area contributed by atoms with Crippen molar-refractivity contribution in [1.29, 1.82) is 0 Å². The van der Waals surface area contributed by atoms with E-state index in [1.165, 1.54) is 5.56 Å². The molecule has 4 nitrogen and oxygen atoms in total. The molecule has 1 N–H and O–H groups in total. The summed E-state index contributed by atoms with van der Waals surface area (Å²) in [6.45, 7) is 8.01. The van der Waals surface area contributed by atoms with Crippen LogP contribution in [-0.2, 0) is 11.3 Å². The Hall–Kier alpha value is -1.07. The number of piperidine rings is 1. The van der Waals surface area contributed by atoms with E-state index >= 15 is 0 Å². The van der Waals surface area contributed by atoms with Crippen molar-refractivity contribution in [2.45, 2.75) is 51.8 Å². The van der Waals surface area contributed by atoms with Gasteiger partial charge in [0.15, 0.2) is 0 Å². The highest BCUT2D eigenvalue weighted by atomic mass is 79.9. The predicted octanol–water partition coefficient (Wildman–Crippen LogP) is 3.94. The fraction of sp³-hybridized carbons (Fsp3) is 0.588. The van der Waals surface area contributed by atoms with Gasteiger partial charge in [-0.2, -0.15) is 0 Å². The first-order valence-corrected chi connectivity index (χ1v) is 8.58. The minimum atomic E-state index is -0.437. The summed E-state index contributed by atoms with van der Waals surface area (Å²) < 4.78 is 6.55. The number of nitrogens with one attached hydrogen (secondary N) is 1. The summed E-state index contributed by atoms with van der Waals surface area (Å²) in [5, 5.41) is 3.54. The summed E-state index contributed by atoms with van der Waals surface area (Å²) in [5.74, 6) is 0. The molecule has 5 heteroatoms. The molecule has 0 saturated carbocycles. The van der Waals surface area contributed by atoms with Crippen LogP contribution in [0.2, 0.25) is 0 Å². The average molecular weight is 369 g/mol. The second-order valence-corrected chi connectivity index (χ2v) is 7.69. The van der Waals surface area contributed by atoms with Gasteiger partial charge in [-0.25, -0.2) is 4.79 Å². The number of rotatable bonds is 3. The predicted molar refractivity (Wildman–Crippen MR) is 91.8 cm³/mol. The Morgan fingerprint density at radius 2 is 2.23 bits per heavy atom. The van der Waals surface area contributed by atoms with Gasteiger partial charge in [0.1, 0.15) is 5.60 Å². The number of nitrogens with zero attached hydrogens (tertiary/aromatic N) is 1. The average Bonchev–Trinajstić information content (AvgIpc) is 2.44. The van der Waals surface area contributed by atoms with Gasteiger partial charge in [-0.1, -0.05) is 28.1 Å². The summed E-state index contributed by atoms with van der Waals surface area (Å²) in [6.07, 6.45) is 1.89. The van der Waals surface area contributed by atoms with Gasteiger partial charge in [-0.3, -0.25) is 0 Å². The van der Waals surface area contributed by atoms with Gasteiger partial charge >= 0.3 is 6.09 Å². The van der Waals surface area contributed by atoms with E-state index < -0.39 is 5.60 Å². The second kappa shape index (κ2) is 7.47. The van der Waals surface area contributed by atoms with Gasteiger partial charge in [-0.15, -0.1) is 0 Å². The Morgan fingerprint density at radius 1 is 1.45 bits per heavy atom. The Morgan fingerprint density at radius 3 is 2.91 bits per heavy atom. The van der Waals surface area contributed by atoms with E-state index in [9.17, 15) is 4.79 Å². The lowest BCUT2D eigenvalue weighted by Gasteiger charge is -2.34. The van der Waals surface area contributed by atoms with Crippen molar-refractivity contribution in [1.82, 2.24) is 10.2 Å². The number of ether oxygens (including phenoxy) is 1. The molecule has 0 aromatic heterocycles. The van der Waals surface area contributed by atoms with Crippen LogP contribution in [0.1, 0.15) is 39.2 Å². The smallest absolute Gasteiger partial charge is 0.410 e. The molecule has 1 atom stereocenters. The summed E-state index contributed by atoms with van der Waals surface area (Å²) >= 11 is 3.49. The fourth-order valence-corrected chi connectivity index (χ4v) is 2.99. The number of carbonyl (C=O) groups is 1. The maximum atomic E-state index is 12.1. The molecule has 1 aliphatic heterocycles. The van der Waals surface area contributed by atoms with Crippen LogP contribution in [0.25, 0.3) is 0 Å². The van der Waals surface area contributed by atoms with E-state index in [0.29, 0.717) is 12.6 Å². The lowest BCUT2D eigenvalue weighted by molar-refractivity contribution is 0.0187. The first-order chi connectivity index (χ1) is 10.3. The highest BCUT2D eigenvalue weighted by Crippen LogP contribution is 2.16. The van der Waals surface area contributed by atoms with Crippen molar-refractivity contribution in [2.75, 3.05) is 13.1 Å². The number of amides is 1. The number of carbonyl (C=O) groups excluding carboxylic acids is 1. The van der Waals surface area contributed by atoms with Crippen LogP contribution < -0.4 is 5.32 Å². The van der Waals surface area contributed by atoms with E-state index in [0.717, 1.165) is 30.4 Å². The molecule has 1 heterocycles. The van der Waals surface area contributed by atoms with Crippen LogP contribution in [0.4, 0.5) is 4.79 Å². The van der Waals surface area contributed by atoms with Crippen molar-refractivity contribution in [3.8, 4) is 0 Å². The summed E-state index contributed by atoms with van der Waals surface area (Å²) in [5.41, 5.74) is 0.803. The molecule has 22 heavy (non-hydrogen) atoms. The minimum absolute atomic E-state index is 0.207. The molecular formula is C17H25BrN2O2. The molecule has 0 aliphatic carbocycles. The number of hydrogen-bond acceptors (Lipinski definition) is 3. The van der Waals surface area contributed by atoms with Crippen molar-refractivity contribution in [2.24, 2.45) is 0 Å². The van der Waals surface area contributed by atoms with Gasteiger partial charge in [0.25, 0.3) is 0 Å². The molecular weight excluding hydrogens is 344 g/mol. The van der Waals surface area contributed by atoms with Crippen molar-refractivity contribution in [3.63, 3.8) is 0 Å². The quantitative estimate of drug-likeness (QED) is 0.878. The molecule has 2 rings (SSSR count). The molecule has 1 aromatic carbocycles. The minimum Gasteiger partial charge on any atom is -0.444 e. The van der Waals surface area contributed by atoms with Crippen LogP contribution in [0.5, 0.6) is 0 Å². The molecule has 0 unspecified atom stereocenters. The number of halogens is 1. The van der Waals surface area contributed by atoms with E-state index in [1.807, 2.05) is 37.8 Å². The van der Waals surface area contributed by atoms with Gasteiger partial charge in [0.05, 0.1) is 0 Å². The molecule has 122 valence electrons. The number of hydrogen-bond donors (Lipinski definition) is 1. The molecule has 0 bridgehead atoms. The standard InChI is InChI=1S/C17H25BrN2O2/c1-17(2,3)22-16(21)20-9-5-8-15(12-20)19-11-13-6-4-7-14(18)10-13/h4,6-7,10,15,19H,5,8-9,11-12H2,1-3H3/t15-/m0/s1. The Labute approximate surface area is 141 Å². The van der Waals surface area contributed by atoms with Crippen molar-refractivity contribution < 1.29 is 9.53 Å². The van der Waals surface area contributed by atoms with Crippen molar-refractivity contribution in [3.05, 3.63) is 34.3 Å². The highest BCUT2D eigenvalue weighted by molar-refractivity contribution is 9.10. The Bertz CT molecular complexity index is 514. The van der Waals surface area contributed by atoms with Gasteiger partial charge < -0.3 is 15.0 Å². The maximum Gasteiger partial charge on any atom is 0.410 e. The van der Waals surface area contributed by atoms with Crippen LogP contribution in [0, 0.1) is 0 Å². The van der Waals surface area contributed by atoms with Gasteiger partial charge in [0.2, 0.25) is 0 Å². The molecule has 0 spiro atoms. The van der Waals surface area contributed by atoms with E-state index in [1.54, 1.807) is 0 Å². The summed E-state index contributed by atoms with van der Waals surface area (Å²) in [6, 6.07) is 8.59. The topological polar surface area (TPSA) is 41.6 Å². The largest absolute Gasteiger partial charge is 0.444 e. The van der Waals surface area contributed by atoms with Gasteiger partial charge in [0, 0.05) is 30.1 Å². The first kappa shape index (κ1) is 17.3. The maximum absolute atomic E-state index is 12.1. The highest BCUT2D eigenvalue weighted by Gasteiger charge is 2.27. The molecule has 1 saturated heterocycles. The van der Waals surface area contributed by atoms with Crippen LogP contribution >= 0.6 is 15.9 Å². The van der Waals surface area contributed by atoms with Gasteiger partial charge in [-0.05, 0) is 51.3 Å². The zero-order valence-corrected chi connectivity index (χ0v) is 15.1. The number of likely N-dealkylation sites (tertiary alicyclic amines) is 1. The van der Waals surface area contributed by atoms with Crippen LogP contribution in [-0.4, -0.2) is 35.7 Å². The molecule has 1 aromatic rings. The Kier molecular flexibility index (Phi) is 5.87. The molecule has 1 fully saturated rings. The third-order valence-electron chi connectivity index (χ3n) is 3.56. The lowest BCUT2D eigenvalue weighted by atomic mass is 10.1. The lowest BCUT2D eigenvalue weighted by Crippen LogP contribution is -2.49. The number of benzene rings is 1. The van der Waals surface area contributed by atoms with E-state index in [-0.39, 0.29) is 6.09 Å². The summed E-state index contributed by atoms with van der Waals surface area (Å²) in [7, 11) is 0. The molecule has 1 amide bonds. The summed E-state index contributed by atoms with van der Waals surface area (Å²) in [4.78, 5) is 14.0. The fourth-order valence-electron chi connectivity index (χ4n) is 2.55. The van der Waals surface area contributed by atoms with Crippen LogP contribution in [0.15, 0.2) is 28.7 Å². The molecule has 1 aliphatic rings.